The largest absolute Gasteiger partial charge is 0.497 e. The highest BCUT2D eigenvalue weighted by Gasteiger charge is 2.12. The normalized spacial score (nSPS) is 10.6. The molecule has 2 N–H and O–H groups in total. The zero-order valence-electron chi connectivity index (χ0n) is 17.4. The highest BCUT2D eigenvalue weighted by atomic mass is 35.5. The molecule has 0 atom stereocenters. The molecule has 0 aromatic heterocycles. The topological polar surface area (TPSA) is 89.0 Å². The highest BCUT2D eigenvalue weighted by molar-refractivity contribution is 6.35. The average Bonchev–Trinajstić information content (AvgIpc) is 2.82. The van der Waals surface area contributed by atoms with Crippen molar-refractivity contribution in [3.63, 3.8) is 0 Å². The van der Waals surface area contributed by atoms with Crippen molar-refractivity contribution in [2.45, 2.75) is 13.2 Å². The van der Waals surface area contributed by atoms with Gasteiger partial charge in [0.05, 0.1) is 13.3 Å². The quantitative estimate of drug-likeness (QED) is 0.310. The van der Waals surface area contributed by atoms with Gasteiger partial charge in [-0.3, -0.25) is 9.59 Å². The van der Waals surface area contributed by atoms with E-state index in [2.05, 4.69) is 15.8 Å². The van der Waals surface area contributed by atoms with Gasteiger partial charge in [-0.25, -0.2) is 5.43 Å². The first-order chi connectivity index (χ1) is 15.5. The molecule has 7 nitrogen and oxygen atoms in total. The van der Waals surface area contributed by atoms with Gasteiger partial charge in [0.15, 0.2) is 0 Å². The summed E-state index contributed by atoms with van der Waals surface area (Å²) in [6, 6.07) is 21.8. The maximum Gasteiger partial charge on any atom is 0.329 e. The SMILES string of the molecule is COc1ccc(CNC(=O)C(=O)N/N=C\c2cccc(OCc3ccccc3Cl)c2)cc1. The van der Waals surface area contributed by atoms with Gasteiger partial charge in [-0.05, 0) is 41.5 Å². The summed E-state index contributed by atoms with van der Waals surface area (Å²) in [6.07, 6.45) is 1.43. The Hall–Kier alpha value is -3.84. The Labute approximate surface area is 191 Å². The molecule has 3 rings (SSSR count). The molecular weight excluding hydrogens is 430 g/mol. The number of nitrogens with zero attached hydrogens (tertiary/aromatic N) is 1. The molecule has 0 spiro atoms. The predicted molar refractivity (Wildman–Crippen MR) is 123 cm³/mol. The van der Waals surface area contributed by atoms with Crippen LogP contribution in [0.15, 0.2) is 77.9 Å². The van der Waals surface area contributed by atoms with Crippen LogP contribution in [-0.4, -0.2) is 25.1 Å². The Balaban J connectivity index is 1.47. The lowest BCUT2D eigenvalue weighted by molar-refractivity contribution is -0.139. The van der Waals surface area contributed by atoms with Crippen molar-refractivity contribution in [3.8, 4) is 11.5 Å². The minimum atomic E-state index is -0.860. The lowest BCUT2D eigenvalue weighted by Gasteiger charge is -2.08. The second-order valence-corrected chi connectivity index (χ2v) is 7.09. The van der Waals surface area contributed by atoms with Gasteiger partial charge in [0, 0.05) is 17.1 Å². The first kappa shape index (κ1) is 22.8. The van der Waals surface area contributed by atoms with E-state index in [1.165, 1.54) is 6.21 Å². The molecule has 2 amide bonds. The third-order valence-electron chi connectivity index (χ3n) is 4.41. The van der Waals surface area contributed by atoms with Crippen molar-refractivity contribution in [1.82, 2.24) is 10.7 Å². The van der Waals surface area contributed by atoms with E-state index >= 15 is 0 Å². The van der Waals surface area contributed by atoms with Gasteiger partial charge in [-0.15, -0.1) is 0 Å². The fourth-order valence-corrected chi connectivity index (χ4v) is 2.87. The molecule has 0 heterocycles. The Morgan fingerprint density at radius 1 is 0.969 bits per heavy atom. The molecule has 0 radical (unpaired) electrons. The van der Waals surface area contributed by atoms with Crippen LogP contribution in [0.25, 0.3) is 0 Å². The molecule has 0 saturated carbocycles. The molecule has 8 heteroatoms. The van der Waals surface area contributed by atoms with Gasteiger partial charge in [0.25, 0.3) is 0 Å². The maximum atomic E-state index is 11.9. The molecule has 0 aliphatic carbocycles. The van der Waals surface area contributed by atoms with Crippen LogP contribution in [0, 0.1) is 0 Å². The number of methoxy groups -OCH3 is 1. The molecule has 32 heavy (non-hydrogen) atoms. The number of hydrogen-bond donors (Lipinski definition) is 2. The number of carbonyl (C=O) groups is 2. The van der Waals surface area contributed by atoms with E-state index in [4.69, 9.17) is 21.1 Å². The van der Waals surface area contributed by atoms with Crippen molar-refractivity contribution in [2.24, 2.45) is 5.10 Å². The van der Waals surface area contributed by atoms with Crippen LogP contribution in [0.1, 0.15) is 16.7 Å². The minimum Gasteiger partial charge on any atom is -0.497 e. The number of halogens is 1. The summed E-state index contributed by atoms with van der Waals surface area (Å²) in [7, 11) is 1.58. The van der Waals surface area contributed by atoms with Crippen molar-refractivity contribution in [2.75, 3.05) is 7.11 Å². The smallest absolute Gasteiger partial charge is 0.329 e. The van der Waals surface area contributed by atoms with E-state index in [1.54, 1.807) is 61.7 Å². The van der Waals surface area contributed by atoms with E-state index in [0.717, 1.165) is 11.1 Å². The molecule has 0 fully saturated rings. The van der Waals surface area contributed by atoms with E-state index in [1.807, 2.05) is 18.2 Å². The molecule has 0 aliphatic heterocycles. The van der Waals surface area contributed by atoms with Crippen LogP contribution < -0.4 is 20.2 Å². The summed E-state index contributed by atoms with van der Waals surface area (Å²) < 4.78 is 10.8. The van der Waals surface area contributed by atoms with Crippen LogP contribution in [0.3, 0.4) is 0 Å². The number of benzene rings is 3. The Morgan fingerprint density at radius 2 is 1.75 bits per heavy atom. The third kappa shape index (κ3) is 6.85. The second-order valence-electron chi connectivity index (χ2n) is 6.68. The number of hydrogen-bond acceptors (Lipinski definition) is 5. The number of rotatable bonds is 8. The fourth-order valence-electron chi connectivity index (χ4n) is 2.68. The van der Waals surface area contributed by atoms with E-state index in [0.29, 0.717) is 28.7 Å². The first-order valence-electron chi connectivity index (χ1n) is 9.75. The van der Waals surface area contributed by atoms with E-state index < -0.39 is 11.8 Å². The summed E-state index contributed by atoms with van der Waals surface area (Å²) in [5, 5.41) is 7.01. The van der Waals surface area contributed by atoms with E-state index in [9.17, 15) is 9.59 Å². The van der Waals surface area contributed by atoms with Gasteiger partial charge in [0.1, 0.15) is 18.1 Å². The molecule has 0 unspecified atom stereocenters. The standard InChI is InChI=1S/C24H22ClN3O4/c1-31-20-11-9-17(10-12-20)14-26-23(29)24(30)28-27-15-18-5-4-7-21(13-18)32-16-19-6-2-3-8-22(19)25/h2-13,15H,14,16H2,1H3,(H,26,29)(H,28,30)/b27-15-. The van der Waals surface area contributed by atoms with Crippen LogP contribution in [-0.2, 0) is 22.7 Å². The number of hydrazone groups is 1. The zero-order chi connectivity index (χ0) is 22.8. The molecule has 0 saturated heterocycles. The summed E-state index contributed by atoms with van der Waals surface area (Å²) in [5.41, 5.74) is 4.62. The summed E-state index contributed by atoms with van der Waals surface area (Å²) in [6.45, 7) is 0.538. The number of nitrogens with one attached hydrogen (secondary N) is 2. The third-order valence-corrected chi connectivity index (χ3v) is 4.78. The van der Waals surface area contributed by atoms with Gasteiger partial charge in [0.2, 0.25) is 0 Å². The lowest BCUT2D eigenvalue weighted by atomic mass is 10.2. The molecule has 3 aromatic carbocycles. The van der Waals surface area contributed by atoms with Crippen molar-refractivity contribution < 1.29 is 19.1 Å². The minimum absolute atomic E-state index is 0.213. The summed E-state index contributed by atoms with van der Waals surface area (Å²) in [5.74, 6) is -0.307. The second kappa shape index (κ2) is 11.5. The van der Waals surface area contributed by atoms with Crippen LogP contribution in [0.5, 0.6) is 11.5 Å². The predicted octanol–water partition coefficient (Wildman–Crippen LogP) is 3.69. The van der Waals surface area contributed by atoms with Crippen molar-refractivity contribution >= 4 is 29.6 Å². The van der Waals surface area contributed by atoms with Gasteiger partial charge >= 0.3 is 11.8 Å². The summed E-state index contributed by atoms with van der Waals surface area (Å²) >= 11 is 6.14. The number of carbonyl (C=O) groups excluding carboxylic acids is 2. The molecule has 3 aromatic rings. The molecular formula is C24H22ClN3O4. The lowest BCUT2D eigenvalue weighted by Crippen LogP contribution is -2.37. The average molecular weight is 452 g/mol. The fraction of sp³-hybridized carbons (Fsp3) is 0.125. The van der Waals surface area contributed by atoms with Gasteiger partial charge in [-0.2, -0.15) is 5.10 Å². The monoisotopic (exact) mass is 451 g/mol. The maximum absolute atomic E-state index is 11.9. The van der Waals surface area contributed by atoms with Crippen LogP contribution in [0.4, 0.5) is 0 Å². The van der Waals surface area contributed by atoms with Crippen LogP contribution in [0.2, 0.25) is 5.02 Å². The molecule has 164 valence electrons. The van der Waals surface area contributed by atoms with Crippen molar-refractivity contribution in [1.29, 1.82) is 0 Å². The zero-order valence-corrected chi connectivity index (χ0v) is 18.1. The van der Waals surface area contributed by atoms with E-state index in [-0.39, 0.29) is 6.54 Å². The number of ether oxygens (including phenoxy) is 2. The summed E-state index contributed by atoms with van der Waals surface area (Å²) in [4.78, 5) is 23.8. The highest BCUT2D eigenvalue weighted by Crippen LogP contribution is 2.19. The number of amides is 2. The Bertz CT molecular complexity index is 1100. The molecule has 0 bridgehead atoms. The van der Waals surface area contributed by atoms with Crippen LogP contribution >= 0.6 is 11.6 Å². The van der Waals surface area contributed by atoms with Gasteiger partial charge in [-0.1, -0.05) is 54.1 Å². The van der Waals surface area contributed by atoms with Crippen molar-refractivity contribution in [3.05, 3.63) is 94.5 Å². The molecule has 0 aliphatic rings. The Morgan fingerprint density at radius 3 is 2.50 bits per heavy atom. The Kier molecular flexibility index (Phi) is 8.22. The first-order valence-corrected chi connectivity index (χ1v) is 10.1. The van der Waals surface area contributed by atoms with Gasteiger partial charge < -0.3 is 14.8 Å².